The standard InChI is InChI=1S/C35H37N5O5/c1-4-26-14-13-15-27(22-26)37-35(44)36-23-32(41)40(24-33(42)38(2)28-16-7-5-8-17-28)30-20-11-12-21-31(30)45-25-34(43)39(3)29-18-9-6-10-19-29/h5-22H,4,23-25H2,1-3H3,(H2,36,37,44). The Morgan fingerprint density at radius 3 is 1.93 bits per heavy atom. The highest BCUT2D eigenvalue weighted by atomic mass is 16.5. The van der Waals surface area contributed by atoms with Crippen LogP contribution in [-0.2, 0) is 20.8 Å². The van der Waals surface area contributed by atoms with Gasteiger partial charge in [0.1, 0.15) is 12.3 Å². The Kier molecular flexibility index (Phi) is 11.3. The van der Waals surface area contributed by atoms with Crippen molar-refractivity contribution in [3.63, 3.8) is 0 Å². The molecule has 4 aromatic rings. The molecule has 232 valence electrons. The third kappa shape index (κ3) is 8.93. The fourth-order valence-electron chi connectivity index (χ4n) is 4.47. The topological polar surface area (TPSA) is 111 Å². The van der Waals surface area contributed by atoms with Crippen LogP contribution in [0.4, 0.5) is 27.5 Å². The van der Waals surface area contributed by atoms with E-state index in [9.17, 15) is 19.2 Å². The fraction of sp³-hybridized carbons (Fsp3) is 0.200. The second-order valence-electron chi connectivity index (χ2n) is 10.2. The SMILES string of the molecule is CCc1cccc(NC(=O)NCC(=O)N(CC(=O)N(C)c2ccccc2)c2ccccc2OCC(=O)N(C)c2ccccc2)c1. The molecular formula is C35H37N5O5. The summed E-state index contributed by atoms with van der Waals surface area (Å²) in [5.41, 5.74) is 3.29. The number of aryl methyl sites for hydroxylation is 1. The van der Waals surface area contributed by atoms with Crippen LogP contribution in [0.5, 0.6) is 5.75 Å². The molecule has 0 radical (unpaired) electrons. The summed E-state index contributed by atoms with van der Waals surface area (Å²) in [5, 5.41) is 5.32. The lowest BCUT2D eigenvalue weighted by atomic mass is 10.1. The van der Waals surface area contributed by atoms with E-state index in [0.717, 1.165) is 12.0 Å². The Morgan fingerprint density at radius 2 is 1.29 bits per heavy atom. The van der Waals surface area contributed by atoms with Gasteiger partial charge in [0.05, 0.1) is 12.2 Å². The molecule has 0 aliphatic heterocycles. The maximum Gasteiger partial charge on any atom is 0.319 e. The third-order valence-electron chi connectivity index (χ3n) is 7.13. The summed E-state index contributed by atoms with van der Waals surface area (Å²) in [7, 11) is 3.27. The van der Waals surface area contributed by atoms with Crippen molar-refractivity contribution >= 4 is 46.5 Å². The molecule has 4 aromatic carbocycles. The summed E-state index contributed by atoms with van der Waals surface area (Å²) < 4.78 is 5.92. The predicted octanol–water partition coefficient (Wildman–Crippen LogP) is 5.11. The number of nitrogens with zero attached hydrogens (tertiary/aromatic N) is 3. The minimum Gasteiger partial charge on any atom is -0.482 e. The third-order valence-corrected chi connectivity index (χ3v) is 7.13. The number of anilines is 4. The Balaban J connectivity index is 1.52. The van der Waals surface area contributed by atoms with Gasteiger partial charge in [-0.25, -0.2) is 4.79 Å². The molecule has 10 nitrogen and oxygen atoms in total. The second-order valence-corrected chi connectivity index (χ2v) is 10.2. The first-order valence-electron chi connectivity index (χ1n) is 14.6. The van der Waals surface area contributed by atoms with Gasteiger partial charge in [-0.2, -0.15) is 0 Å². The zero-order valence-electron chi connectivity index (χ0n) is 25.6. The van der Waals surface area contributed by atoms with Crippen LogP contribution in [0.2, 0.25) is 0 Å². The Hall–Kier alpha value is -5.64. The molecule has 0 atom stereocenters. The van der Waals surface area contributed by atoms with Gasteiger partial charge in [0.2, 0.25) is 11.8 Å². The molecule has 2 N–H and O–H groups in total. The summed E-state index contributed by atoms with van der Waals surface area (Å²) in [5.74, 6) is -0.993. The molecule has 4 rings (SSSR count). The Morgan fingerprint density at radius 1 is 0.689 bits per heavy atom. The van der Waals surface area contributed by atoms with Gasteiger partial charge < -0.3 is 25.2 Å². The number of nitrogens with one attached hydrogen (secondary N) is 2. The molecule has 0 aromatic heterocycles. The Bertz CT molecular complexity index is 1610. The van der Waals surface area contributed by atoms with Gasteiger partial charge in [-0.15, -0.1) is 0 Å². The van der Waals surface area contributed by atoms with Gasteiger partial charge in [0.25, 0.3) is 5.91 Å². The first-order chi connectivity index (χ1) is 21.8. The summed E-state index contributed by atoms with van der Waals surface area (Å²) >= 11 is 0. The van der Waals surface area contributed by atoms with E-state index in [1.165, 1.54) is 14.7 Å². The first kappa shape index (κ1) is 32.3. The maximum absolute atomic E-state index is 13.7. The molecule has 0 aliphatic rings. The number of carbonyl (C=O) groups excluding carboxylic acids is 4. The molecule has 0 saturated heterocycles. The van der Waals surface area contributed by atoms with Crippen molar-refractivity contribution in [2.75, 3.05) is 53.8 Å². The molecular weight excluding hydrogens is 570 g/mol. The fourth-order valence-corrected chi connectivity index (χ4v) is 4.47. The van der Waals surface area contributed by atoms with Crippen molar-refractivity contribution < 1.29 is 23.9 Å². The number of likely N-dealkylation sites (N-methyl/N-ethyl adjacent to an activating group) is 2. The molecule has 5 amide bonds. The maximum atomic E-state index is 13.7. The van der Waals surface area contributed by atoms with Crippen LogP contribution in [0, 0.1) is 0 Å². The number of urea groups is 1. The lowest BCUT2D eigenvalue weighted by Gasteiger charge is -2.27. The number of hydrogen-bond acceptors (Lipinski definition) is 5. The Labute approximate surface area is 263 Å². The average molecular weight is 608 g/mol. The van der Waals surface area contributed by atoms with Crippen LogP contribution in [-0.4, -0.2) is 57.5 Å². The predicted molar refractivity (Wildman–Crippen MR) is 177 cm³/mol. The highest BCUT2D eigenvalue weighted by Gasteiger charge is 2.25. The summed E-state index contributed by atoms with van der Waals surface area (Å²) in [6, 6.07) is 31.7. The number of rotatable bonds is 12. The van der Waals surface area contributed by atoms with Gasteiger partial charge in [0.15, 0.2) is 6.61 Å². The molecule has 45 heavy (non-hydrogen) atoms. The normalized spacial score (nSPS) is 10.4. The van der Waals surface area contributed by atoms with E-state index in [0.29, 0.717) is 17.1 Å². The van der Waals surface area contributed by atoms with E-state index in [2.05, 4.69) is 10.6 Å². The van der Waals surface area contributed by atoms with Crippen LogP contribution in [0.3, 0.4) is 0 Å². The number of amides is 5. The zero-order chi connectivity index (χ0) is 32.2. The molecule has 0 spiro atoms. The van der Waals surface area contributed by atoms with Crippen molar-refractivity contribution in [3.8, 4) is 5.75 Å². The molecule has 0 heterocycles. The van der Waals surface area contributed by atoms with Gasteiger partial charge in [0, 0.05) is 31.2 Å². The summed E-state index contributed by atoms with van der Waals surface area (Å²) in [6.45, 7) is 0.970. The van der Waals surface area contributed by atoms with E-state index in [-0.39, 0.29) is 36.4 Å². The van der Waals surface area contributed by atoms with Crippen LogP contribution < -0.4 is 30.1 Å². The van der Waals surface area contributed by atoms with Gasteiger partial charge in [-0.05, 0) is 60.5 Å². The highest BCUT2D eigenvalue weighted by molar-refractivity contribution is 6.06. The molecule has 0 fully saturated rings. The van der Waals surface area contributed by atoms with Crippen molar-refractivity contribution in [1.82, 2.24) is 5.32 Å². The molecule has 0 unspecified atom stereocenters. The van der Waals surface area contributed by atoms with Crippen LogP contribution in [0.1, 0.15) is 12.5 Å². The smallest absolute Gasteiger partial charge is 0.319 e. The lowest BCUT2D eigenvalue weighted by molar-refractivity contribution is -0.121. The number of hydrogen-bond donors (Lipinski definition) is 2. The number of para-hydroxylation sites is 4. The highest BCUT2D eigenvalue weighted by Crippen LogP contribution is 2.29. The number of carbonyl (C=O) groups is 4. The van der Waals surface area contributed by atoms with E-state index >= 15 is 0 Å². The van der Waals surface area contributed by atoms with Gasteiger partial charge >= 0.3 is 6.03 Å². The number of benzene rings is 4. The van der Waals surface area contributed by atoms with Crippen molar-refractivity contribution in [2.24, 2.45) is 0 Å². The monoisotopic (exact) mass is 607 g/mol. The minimum absolute atomic E-state index is 0.233. The van der Waals surface area contributed by atoms with Crippen molar-refractivity contribution in [3.05, 3.63) is 115 Å². The van der Waals surface area contributed by atoms with E-state index in [4.69, 9.17) is 4.74 Å². The van der Waals surface area contributed by atoms with Crippen molar-refractivity contribution in [1.29, 1.82) is 0 Å². The van der Waals surface area contributed by atoms with E-state index in [1.807, 2.05) is 73.7 Å². The average Bonchev–Trinajstić information content (AvgIpc) is 3.08. The van der Waals surface area contributed by atoms with Crippen LogP contribution in [0.25, 0.3) is 0 Å². The zero-order valence-corrected chi connectivity index (χ0v) is 25.6. The largest absolute Gasteiger partial charge is 0.482 e. The van der Waals surface area contributed by atoms with E-state index in [1.54, 1.807) is 56.6 Å². The van der Waals surface area contributed by atoms with E-state index < -0.39 is 18.5 Å². The molecule has 0 bridgehead atoms. The quantitative estimate of drug-likeness (QED) is 0.233. The van der Waals surface area contributed by atoms with Gasteiger partial charge in [-0.3, -0.25) is 19.3 Å². The summed E-state index contributed by atoms with van der Waals surface area (Å²) in [6.07, 6.45) is 0.811. The molecule has 10 heteroatoms. The number of ether oxygens (including phenoxy) is 1. The lowest BCUT2D eigenvalue weighted by Crippen LogP contribution is -2.46. The van der Waals surface area contributed by atoms with Crippen LogP contribution >= 0.6 is 0 Å². The summed E-state index contributed by atoms with van der Waals surface area (Å²) in [4.78, 5) is 56.9. The molecule has 0 saturated carbocycles. The van der Waals surface area contributed by atoms with Gasteiger partial charge in [-0.1, -0.05) is 67.6 Å². The van der Waals surface area contributed by atoms with Crippen molar-refractivity contribution in [2.45, 2.75) is 13.3 Å². The molecule has 0 aliphatic carbocycles. The van der Waals surface area contributed by atoms with Crippen LogP contribution in [0.15, 0.2) is 109 Å². The minimum atomic E-state index is -0.566. The second kappa shape index (κ2) is 15.7. The first-order valence-corrected chi connectivity index (χ1v) is 14.6.